The molecule has 0 aliphatic heterocycles. The lowest BCUT2D eigenvalue weighted by molar-refractivity contribution is -0.121. The number of hydrogen-bond donors (Lipinski definition) is 0. The van der Waals surface area contributed by atoms with Crippen molar-refractivity contribution in [3.8, 4) is 0 Å². The summed E-state index contributed by atoms with van der Waals surface area (Å²) < 4.78 is 0. The van der Waals surface area contributed by atoms with Gasteiger partial charge in [0.2, 0.25) is 0 Å². The molecule has 2 saturated carbocycles. The van der Waals surface area contributed by atoms with Gasteiger partial charge >= 0.3 is 0 Å². The molecule has 2 rings (SSSR count). The summed E-state index contributed by atoms with van der Waals surface area (Å²) in [5, 5.41) is 0. The molecule has 0 aromatic rings. The van der Waals surface area contributed by atoms with Crippen molar-refractivity contribution in [2.24, 2.45) is 22.7 Å². The molecule has 1 nitrogen and oxygen atoms in total. The monoisotopic (exact) mass is 220 g/mol. The van der Waals surface area contributed by atoms with Crippen molar-refractivity contribution in [2.75, 3.05) is 0 Å². The number of allylic oxidation sites excluding steroid dienone is 1. The zero-order valence-corrected chi connectivity index (χ0v) is 10.9. The molecule has 3 atom stereocenters. The quantitative estimate of drug-likeness (QED) is 0.482. The Morgan fingerprint density at radius 3 is 2.62 bits per heavy atom. The summed E-state index contributed by atoms with van der Waals surface area (Å²) in [6.07, 6.45) is 7.21. The first-order valence-electron chi connectivity index (χ1n) is 6.55. The number of rotatable bonds is 1. The molecule has 2 aliphatic rings. The van der Waals surface area contributed by atoms with E-state index in [-0.39, 0.29) is 11.3 Å². The third kappa shape index (κ3) is 1.56. The average Bonchev–Trinajstić information content (AvgIpc) is 2.15. The highest BCUT2D eigenvalue weighted by Gasteiger charge is 2.52. The van der Waals surface area contributed by atoms with E-state index in [1.54, 1.807) is 0 Å². The van der Waals surface area contributed by atoms with Gasteiger partial charge in [-0.05, 0) is 42.4 Å². The molecule has 0 bridgehead atoms. The summed E-state index contributed by atoms with van der Waals surface area (Å²) in [5.74, 6) is 0.792. The molecule has 2 aliphatic carbocycles. The van der Waals surface area contributed by atoms with Crippen LogP contribution in [0.1, 0.15) is 52.9 Å². The molecule has 2 fully saturated rings. The van der Waals surface area contributed by atoms with Gasteiger partial charge in [-0.1, -0.05) is 39.3 Å². The predicted molar refractivity (Wildman–Crippen MR) is 67.2 cm³/mol. The van der Waals surface area contributed by atoms with E-state index in [4.69, 9.17) is 0 Å². The van der Waals surface area contributed by atoms with Gasteiger partial charge in [0.25, 0.3) is 0 Å². The highest BCUT2D eigenvalue weighted by Crippen LogP contribution is 2.60. The van der Waals surface area contributed by atoms with Crippen molar-refractivity contribution in [2.45, 2.75) is 52.9 Å². The highest BCUT2D eigenvalue weighted by atomic mass is 16.1. The van der Waals surface area contributed by atoms with E-state index in [1.165, 1.54) is 31.3 Å². The number of carbonyl (C=O) groups is 1. The summed E-state index contributed by atoms with van der Waals surface area (Å²) in [4.78, 5) is 11.4. The Kier molecular flexibility index (Phi) is 2.76. The molecule has 0 heterocycles. The van der Waals surface area contributed by atoms with E-state index < -0.39 is 0 Å². The van der Waals surface area contributed by atoms with Crippen LogP contribution in [0, 0.1) is 22.7 Å². The van der Waals surface area contributed by atoms with E-state index >= 15 is 0 Å². The smallest absolute Gasteiger partial charge is 0.127 e. The van der Waals surface area contributed by atoms with Crippen LogP contribution < -0.4 is 0 Å². The van der Waals surface area contributed by atoms with Crippen molar-refractivity contribution < 1.29 is 4.79 Å². The largest absolute Gasteiger partial charge is 0.303 e. The van der Waals surface area contributed by atoms with Crippen LogP contribution in [0.4, 0.5) is 0 Å². The Labute approximate surface area is 99.3 Å². The predicted octanol–water partition coefficient (Wildman–Crippen LogP) is 3.98. The van der Waals surface area contributed by atoms with Crippen LogP contribution in [-0.4, -0.2) is 6.29 Å². The summed E-state index contributed by atoms with van der Waals surface area (Å²) in [6.45, 7) is 11.2. The fourth-order valence-corrected chi connectivity index (χ4v) is 4.46. The standard InChI is InChI=1S/C15H24O/c1-11-6-7-13-14(2,3)8-5-9-15(13,4)12(11)10-16/h10,12-13H,1,5-9H2,2-4H3/t12-,13-,15+/m0/s1. The van der Waals surface area contributed by atoms with Crippen LogP contribution in [0.15, 0.2) is 12.2 Å². The molecule has 0 aromatic heterocycles. The third-order valence-electron chi connectivity index (χ3n) is 5.32. The SMILES string of the molecule is C=C1CC[C@H]2C(C)(C)CCC[C@]2(C)[C@H]1C=O. The van der Waals surface area contributed by atoms with Crippen LogP contribution in [0.2, 0.25) is 0 Å². The second-order valence-electron chi connectivity index (χ2n) is 6.71. The second-order valence-corrected chi connectivity index (χ2v) is 6.71. The molecule has 0 N–H and O–H groups in total. The van der Waals surface area contributed by atoms with Gasteiger partial charge in [-0.25, -0.2) is 0 Å². The van der Waals surface area contributed by atoms with Crippen molar-refractivity contribution in [3.05, 3.63) is 12.2 Å². The summed E-state index contributed by atoms with van der Waals surface area (Å²) >= 11 is 0. The molecule has 0 spiro atoms. The minimum absolute atomic E-state index is 0.103. The van der Waals surface area contributed by atoms with Gasteiger partial charge in [0.05, 0.1) is 0 Å². The number of hydrogen-bond acceptors (Lipinski definition) is 1. The first kappa shape index (κ1) is 11.9. The Balaban J connectivity index is 2.38. The first-order valence-corrected chi connectivity index (χ1v) is 6.55. The van der Waals surface area contributed by atoms with Crippen LogP contribution in [0.3, 0.4) is 0 Å². The molecule has 0 saturated heterocycles. The molecule has 0 aromatic carbocycles. The van der Waals surface area contributed by atoms with E-state index in [2.05, 4.69) is 27.4 Å². The topological polar surface area (TPSA) is 17.1 Å². The molecule has 0 unspecified atom stereocenters. The van der Waals surface area contributed by atoms with Gasteiger partial charge in [-0.15, -0.1) is 0 Å². The maximum Gasteiger partial charge on any atom is 0.127 e. The Morgan fingerprint density at radius 2 is 2.00 bits per heavy atom. The first-order chi connectivity index (χ1) is 7.42. The third-order valence-corrected chi connectivity index (χ3v) is 5.32. The number of carbonyl (C=O) groups excluding carboxylic acids is 1. The minimum Gasteiger partial charge on any atom is -0.303 e. The van der Waals surface area contributed by atoms with Gasteiger partial charge in [0.15, 0.2) is 0 Å². The maximum atomic E-state index is 11.4. The minimum atomic E-state index is 0.103. The molecule has 1 heteroatoms. The molecular weight excluding hydrogens is 196 g/mol. The zero-order chi connectivity index (χ0) is 12.0. The van der Waals surface area contributed by atoms with Gasteiger partial charge in [0, 0.05) is 5.92 Å². The van der Waals surface area contributed by atoms with Crippen molar-refractivity contribution in [3.63, 3.8) is 0 Å². The Morgan fingerprint density at radius 1 is 1.31 bits per heavy atom. The number of aldehydes is 1. The summed E-state index contributed by atoms with van der Waals surface area (Å²) in [7, 11) is 0. The van der Waals surface area contributed by atoms with E-state index in [0.717, 1.165) is 12.7 Å². The average molecular weight is 220 g/mol. The Hall–Kier alpha value is -0.590. The van der Waals surface area contributed by atoms with Gasteiger partial charge in [0.1, 0.15) is 6.29 Å². The molecule has 16 heavy (non-hydrogen) atoms. The van der Waals surface area contributed by atoms with Crippen LogP contribution >= 0.6 is 0 Å². The zero-order valence-electron chi connectivity index (χ0n) is 10.9. The van der Waals surface area contributed by atoms with E-state index in [1.807, 2.05) is 0 Å². The van der Waals surface area contributed by atoms with Gasteiger partial charge in [-0.2, -0.15) is 0 Å². The summed E-state index contributed by atoms with van der Waals surface area (Å²) in [6, 6.07) is 0. The normalized spacial score (nSPS) is 42.6. The summed E-state index contributed by atoms with van der Waals surface area (Å²) in [5.41, 5.74) is 1.75. The van der Waals surface area contributed by atoms with E-state index in [9.17, 15) is 4.79 Å². The lowest BCUT2D eigenvalue weighted by Gasteiger charge is -2.56. The molecular formula is C15H24O. The highest BCUT2D eigenvalue weighted by molar-refractivity contribution is 5.61. The molecule has 0 radical (unpaired) electrons. The lowest BCUT2D eigenvalue weighted by atomic mass is 9.48. The van der Waals surface area contributed by atoms with Crippen LogP contribution in [-0.2, 0) is 4.79 Å². The second kappa shape index (κ2) is 3.72. The van der Waals surface area contributed by atoms with E-state index in [0.29, 0.717) is 11.3 Å². The van der Waals surface area contributed by atoms with Crippen molar-refractivity contribution in [1.82, 2.24) is 0 Å². The molecule has 90 valence electrons. The van der Waals surface area contributed by atoms with Crippen LogP contribution in [0.5, 0.6) is 0 Å². The fourth-order valence-electron chi connectivity index (χ4n) is 4.46. The number of fused-ring (bicyclic) bond motifs is 1. The van der Waals surface area contributed by atoms with Gasteiger partial charge in [-0.3, -0.25) is 0 Å². The van der Waals surface area contributed by atoms with Gasteiger partial charge < -0.3 is 4.79 Å². The molecule has 0 amide bonds. The van der Waals surface area contributed by atoms with Crippen molar-refractivity contribution >= 4 is 6.29 Å². The van der Waals surface area contributed by atoms with Crippen molar-refractivity contribution in [1.29, 1.82) is 0 Å². The Bertz CT molecular complexity index is 315. The fraction of sp³-hybridized carbons (Fsp3) is 0.800. The lowest BCUT2D eigenvalue weighted by Crippen LogP contribution is -2.49. The maximum absolute atomic E-state index is 11.4. The van der Waals surface area contributed by atoms with Crippen LogP contribution in [0.25, 0.3) is 0 Å².